The van der Waals surface area contributed by atoms with Gasteiger partial charge in [0.15, 0.2) is 0 Å². The first kappa shape index (κ1) is 14.7. The molecule has 1 saturated heterocycles. The van der Waals surface area contributed by atoms with Gasteiger partial charge in [0.2, 0.25) is 0 Å². The molecule has 1 aromatic heterocycles. The zero-order chi connectivity index (χ0) is 16.0. The molecule has 1 fully saturated rings. The van der Waals surface area contributed by atoms with Gasteiger partial charge in [0, 0.05) is 49.0 Å². The minimum Gasteiger partial charge on any atom is -0.342 e. The van der Waals surface area contributed by atoms with Crippen LogP contribution in [-0.4, -0.2) is 33.7 Å². The summed E-state index contributed by atoms with van der Waals surface area (Å²) < 4.78 is 1.83. The molecular formula is C17H19ClN4O. The highest BCUT2D eigenvalue weighted by Crippen LogP contribution is 2.40. The highest BCUT2D eigenvalue weighted by atomic mass is 35.5. The van der Waals surface area contributed by atoms with Crippen molar-refractivity contribution in [2.24, 2.45) is 7.05 Å². The third kappa shape index (κ3) is 2.54. The third-order valence-corrected chi connectivity index (χ3v) is 5.20. The molecule has 0 atom stereocenters. The number of rotatable bonds is 2. The average molecular weight is 331 g/mol. The van der Waals surface area contributed by atoms with Crippen molar-refractivity contribution in [1.82, 2.24) is 20.0 Å². The largest absolute Gasteiger partial charge is 0.342 e. The van der Waals surface area contributed by atoms with Crippen molar-refractivity contribution < 1.29 is 4.79 Å². The van der Waals surface area contributed by atoms with Gasteiger partial charge >= 0.3 is 0 Å². The summed E-state index contributed by atoms with van der Waals surface area (Å²) in [5.74, 6) is 0.0253. The molecule has 4 rings (SSSR count). The lowest BCUT2D eigenvalue weighted by Gasteiger charge is -2.39. The zero-order valence-electron chi connectivity index (χ0n) is 13.1. The molecule has 0 aliphatic carbocycles. The number of likely N-dealkylation sites (tertiary alicyclic amines) is 1. The highest BCUT2D eigenvalue weighted by Gasteiger charge is 2.44. The van der Waals surface area contributed by atoms with Gasteiger partial charge in [-0.25, -0.2) is 0 Å². The van der Waals surface area contributed by atoms with Crippen LogP contribution in [0.15, 0.2) is 30.6 Å². The van der Waals surface area contributed by atoms with Crippen LogP contribution in [0.4, 0.5) is 0 Å². The van der Waals surface area contributed by atoms with Crippen molar-refractivity contribution in [3.05, 3.63) is 52.3 Å². The Balaban J connectivity index is 1.51. The zero-order valence-corrected chi connectivity index (χ0v) is 13.8. The van der Waals surface area contributed by atoms with Gasteiger partial charge in [0.1, 0.15) is 0 Å². The lowest BCUT2D eigenvalue weighted by Crippen LogP contribution is -2.48. The predicted molar refractivity (Wildman–Crippen MR) is 88.3 cm³/mol. The normalized spacial score (nSPS) is 19.8. The van der Waals surface area contributed by atoms with E-state index in [0.717, 1.165) is 43.6 Å². The van der Waals surface area contributed by atoms with E-state index in [1.54, 1.807) is 6.07 Å². The summed E-state index contributed by atoms with van der Waals surface area (Å²) in [5, 5.41) is 8.12. The first-order valence-electron chi connectivity index (χ1n) is 7.88. The predicted octanol–water partition coefficient (Wildman–Crippen LogP) is 2.31. The Hall–Kier alpha value is -1.85. The number of halogens is 1. The second-order valence-electron chi connectivity index (χ2n) is 6.52. The van der Waals surface area contributed by atoms with Gasteiger partial charge in [-0.3, -0.25) is 14.4 Å². The molecule has 23 heavy (non-hydrogen) atoms. The number of piperidine rings is 1. The molecule has 0 unspecified atom stereocenters. The molecule has 2 aliphatic heterocycles. The maximum Gasteiger partial charge on any atom is 0.252 e. The smallest absolute Gasteiger partial charge is 0.252 e. The number of nitrogens with one attached hydrogen (secondary N) is 1. The van der Waals surface area contributed by atoms with Crippen LogP contribution in [0.3, 0.4) is 0 Å². The van der Waals surface area contributed by atoms with E-state index in [0.29, 0.717) is 5.02 Å². The third-order valence-electron chi connectivity index (χ3n) is 4.97. The average Bonchev–Trinajstić information content (AvgIpc) is 3.04. The van der Waals surface area contributed by atoms with Crippen molar-refractivity contribution in [3.63, 3.8) is 0 Å². The number of amides is 1. The second-order valence-corrected chi connectivity index (χ2v) is 6.96. The molecule has 1 amide bonds. The molecule has 120 valence electrons. The summed E-state index contributed by atoms with van der Waals surface area (Å²) in [6, 6.07) is 5.58. The number of hydrogen-bond acceptors (Lipinski definition) is 3. The van der Waals surface area contributed by atoms with Crippen molar-refractivity contribution in [1.29, 1.82) is 0 Å². The number of aromatic nitrogens is 2. The summed E-state index contributed by atoms with van der Waals surface area (Å²) in [5.41, 5.74) is 2.82. The Morgan fingerprint density at radius 3 is 2.83 bits per heavy atom. The van der Waals surface area contributed by atoms with E-state index in [9.17, 15) is 4.79 Å². The van der Waals surface area contributed by atoms with Gasteiger partial charge in [-0.1, -0.05) is 11.6 Å². The van der Waals surface area contributed by atoms with Crippen molar-refractivity contribution in [2.75, 3.05) is 13.1 Å². The summed E-state index contributed by atoms with van der Waals surface area (Å²) in [4.78, 5) is 14.7. The Morgan fingerprint density at radius 1 is 1.35 bits per heavy atom. The lowest BCUT2D eigenvalue weighted by molar-refractivity contribution is 0.0856. The maximum absolute atomic E-state index is 12.2. The molecule has 6 heteroatoms. The number of carbonyl (C=O) groups is 1. The minimum absolute atomic E-state index is 0.0253. The van der Waals surface area contributed by atoms with Crippen LogP contribution in [0, 0.1) is 0 Å². The van der Waals surface area contributed by atoms with Gasteiger partial charge in [0.05, 0.1) is 11.7 Å². The summed E-state index contributed by atoms with van der Waals surface area (Å²) in [7, 11) is 1.93. The van der Waals surface area contributed by atoms with Crippen molar-refractivity contribution in [2.45, 2.75) is 24.9 Å². The summed E-state index contributed by atoms with van der Waals surface area (Å²) >= 11 is 6.15. The van der Waals surface area contributed by atoms with Crippen molar-refractivity contribution >= 4 is 17.5 Å². The highest BCUT2D eigenvalue weighted by molar-refractivity contribution is 6.30. The van der Waals surface area contributed by atoms with Crippen LogP contribution >= 0.6 is 11.6 Å². The standard InChI is InChI=1S/C17H19ClN4O/c1-21-10-12(9-19-21)11-22-6-4-17(5-7-22)15-8-13(18)2-3-14(15)16(23)20-17/h2-3,8-10H,4-7,11H2,1H3,(H,20,23). The molecule has 1 spiro atoms. The number of benzene rings is 1. The molecule has 3 heterocycles. The van der Waals surface area contributed by atoms with Gasteiger partial charge < -0.3 is 5.32 Å². The van der Waals surface area contributed by atoms with E-state index >= 15 is 0 Å². The van der Waals surface area contributed by atoms with E-state index in [4.69, 9.17) is 11.6 Å². The monoisotopic (exact) mass is 330 g/mol. The maximum atomic E-state index is 12.2. The molecule has 2 aliphatic rings. The summed E-state index contributed by atoms with van der Waals surface area (Å²) in [6.45, 7) is 2.79. The van der Waals surface area contributed by atoms with E-state index in [1.165, 1.54) is 5.56 Å². The number of aryl methyl sites for hydroxylation is 1. The molecule has 2 aromatic rings. The fourth-order valence-electron chi connectivity index (χ4n) is 3.76. The molecule has 1 aromatic carbocycles. The molecule has 0 bridgehead atoms. The van der Waals surface area contributed by atoms with Crippen LogP contribution in [0.1, 0.15) is 34.3 Å². The van der Waals surface area contributed by atoms with E-state index in [-0.39, 0.29) is 11.4 Å². The van der Waals surface area contributed by atoms with Gasteiger partial charge in [-0.05, 0) is 36.6 Å². The van der Waals surface area contributed by atoms with Crippen LogP contribution in [-0.2, 0) is 19.1 Å². The first-order valence-corrected chi connectivity index (χ1v) is 8.26. The lowest BCUT2D eigenvalue weighted by atomic mass is 9.82. The van der Waals surface area contributed by atoms with E-state index in [2.05, 4.69) is 21.5 Å². The molecule has 0 saturated carbocycles. The Morgan fingerprint density at radius 2 is 2.13 bits per heavy atom. The second kappa shape index (κ2) is 5.35. The number of carbonyl (C=O) groups excluding carboxylic acids is 1. The topological polar surface area (TPSA) is 50.2 Å². The van der Waals surface area contributed by atoms with Crippen LogP contribution in [0.2, 0.25) is 5.02 Å². The van der Waals surface area contributed by atoms with Crippen LogP contribution in [0.5, 0.6) is 0 Å². The molecule has 1 N–H and O–H groups in total. The van der Waals surface area contributed by atoms with Crippen molar-refractivity contribution in [3.8, 4) is 0 Å². The van der Waals surface area contributed by atoms with Gasteiger partial charge in [0.25, 0.3) is 5.91 Å². The fraction of sp³-hybridized carbons (Fsp3) is 0.412. The van der Waals surface area contributed by atoms with E-state index < -0.39 is 0 Å². The van der Waals surface area contributed by atoms with E-state index in [1.807, 2.05) is 30.1 Å². The Bertz CT molecular complexity index is 762. The minimum atomic E-state index is -0.247. The molecule has 5 nitrogen and oxygen atoms in total. The van der Waals surface area contributed by atoms with Gasteiger partial charge in [-0.2, -0.15) is 5.10 Å². The molecular weight excluding hydrogens is 312 g/mol. The first-order chi connectivity index (χ1) is 11.1. The van der Waals surface area contributed by atoms with Crippen LogP contribution in [0.25, 0.3) is 0 Å². The Kier molecular flexibility index (Phi) is 3.43. The SMILES string of the molecule is Cn1cc(CN2CCC3(CC2)NC(=O)c2ccc(Cl)cc23)cn1. The fourth-order valence-corrected chi connectivity index (χ4v) is 3.93. The number of hydrogen-bond donors (Lipinski definition) is 1. The van der Waals surface area contributed by atoms with Crippen LogP contribution < -0.4 is 5.32 Å². The number of nitrogens with zero attached hydrogens (tertiary/aromatic N) is 3. The quantitative estimate of drug-likeness (QED) is 0.919. The Labute approximate surface area is 140 Å². The molecule has 0 radical (unpaired) electrons. The number of fused-ring (bicyclic) bond motifs is 2. The summed E-state index contributed by atoms with van der Waals surface area (Å²) in [6.07, 6.45) is 5.78. The van der Waals surface area contributed by atoms with Gasteiger partial charge in [-0.15, -0.1) is 0 Å².